The monoisotopic (exact) mass is 349 g/mol. The van der Waals surface area contributed by atoms with E-state index in [4.69, 9.17) is 23.2 Å². The lowest BCUT2D eigenvalue weighted by Crippen LogP contribution is -2.30. The molecule has 0 bridgehead atoms. The largest absolute Gasteiger partial charge is 0.417 e. The Bertz CT molecular complexity index is 707. The zero-order valence-electron chi connectivity index (χ0n) is 10.7. The molecule has 0 saturated carbocycles. The van der Waals surface area contributed by atoms with Crippen LogP contribution in [-0.2, 0) is 6.18 Å². The van der Waals surface area contributed by atoms with Crippen molar-refractivity contribution in [1.29, 1.82) is 0 Å². The molecule has 9 heteroatoms. The molecular weight excluding hydrogens is 342 g/mol. The predicted molar refractivity (Wildman–Crippen MR) is 76.8 cm³/mol. The number of pyridine rings is 1. The topological polar surface area (TPSA) is 54.0 Å². The van der Waals surface area contributed by atoms with Gasteiger partial charge in [-0.15, -0.1) is 0 Å². The minimum atomic E-state index is -4.55. The second kappa shape index (κ2) is 6.41. The fourth-order valence-corrected chi connectivity index (χ4v) is 1.95. The van der Waals surface area contributed by atoms with Gasteiger partial charge in [-0.05, 0) is 18.2 Å². The molecule has 0 aliphatic carbocycles. The second-order valence-corrected chi connectivity index (χ2v) is 4.93. The van der Waals surface area contributed by atoms with E-state index in [9.17, 15) is 18.0 Å². The number of aromatic nitrogens is 1. The lowest BCUT2D eigenvalue weighted by Gasteiger charge is -2.12. The number of amides is 1. The maximum absolute atomic E-state index is 12.5. The summed E-state index contributed by atoms with van der Waals surface area (Å²) >= 11 is 11.5. The van der Waals surface area contributed by atoms with Crippen LogP contribution in [0.1, 0.15) is 15.9 Å². The summed E-state index contributed by atoms with van der Waals surface area (Å²) < 4.78 is 37.4. The first kappa shape index (κ1) is 16.4. The van der Waals surface area contributed by atoms with Crippen molar-refractivity contribution in [1.82, 2.24) is 10.4 Å². The molecule has 4 nitrogen and oxygen atoms in total. The van der Waals surface area contributed by atoms with Crippen LogP contribution in [0.15, 0.2) is 36.5 Å². The highest BCUT2D eigenvalue weighted by molar-refractivity contribution is 6.34. The number of anilines is 1. The van der Waals surface area contributed by atoms with Crippen molar-refractivity contribution >= 4 is 34.9 Å². The average Bonchev–Trinajstić information content (AvgIpc) is 2.45. The highest BCUT2D eigenvalue weighted by Gasteiger charge is 2.31. The Morgan fingerprint density at radius 3 is 2.41 bits per heavy atom. The van der Waals surface area contributed by atoms with Crippen LogP contribution in [0.3, 0.4) is 0 Å². The van der Waals surface area contributed by atoms with Crippen molar-refractivity contribution in [2.45, 2.75) is 6.18 Å². The average molecular weight is 350 g/mol. The minimum absolute atomic E-state index is 0.116. The number of nitrogens with zero attached hydrogens (tertiary/aromatic N) is 1. The molecule has 1 heterocycles. The molecule has 0 atom stereocenters. The van der Waals surface area contributed by atoms with Crippen molar-refractivity contribution in [3.8, 4) is 0 Å². The number of carbonyl (C=O) groups is 1. The highest BCUT2D eigenvalue weighted by atomic mass is 35.5. The molecule has 0 unspecified atom stereocenters. The molecule has 0 fully saturated rings. The first-order valence-electron chi connectivity index (χ1n) is 5.82. The van der Waals surface area contributed by atoms with Crippen LogP contribution < -0.4 is 10.9 Å². The number of carbonyl (C=O) groups excluding carboxylic acids is 1. The Hall–Kier alpha value is -1.99. The maximum Gasteiger partial charge on any atom is 0.417 e. The Kier molecular flexibility index (Phi) is 4.77. The summed E-state index contributed by atoms with van der Waals surface area (Å²) in [7, 11) is 0. The number of hydrogen-bond donors (Lipinski definition) is 2. The number of alkyl halides is 3. The number of halogens is 5. The summed E-state index contributed by atoms with van der Waals surface area (Å²) in [5.41, 5.74) is 3.81. The summed E-state index contributed by atoms with van der Waals surface area (Å²) in [5, 5.41) is -0.0532. The molecule has 0 radical (unpaired) electrons. The van der Waals surface area contributed by atoms with Crippen molar-refractivity contribution in [2.75, 3.05) is 5.43 Å². The SMILES string of the molecule is O=C(NNc1ncc(C(F)(F)F)cc1Cl)c1ccccc1Cl. The van der Waals surface area contributed by atoms with Crippen LogP contribution >= 0.6 is 23.2 Å². The molecule has 0 aliphatic heterocycles. The molecule has 0 aliphatic rings. The molecule has 22 heavy (non-hydrogen) atoms. The van der Waals surface area contributed by atoms with Crippen LogP contribution in [0.4, 0.5) is 19.0 Å². The summed E-state index contributed by atoms with van der Waals surface area (Å²) in [6, 6.07) is 6.99. The predicted octanol–water partition coefficient (Wildman–Crippen LogP) is 4.16. The Morgan fingerprint density at radius 2 is 1.82 bits per heavy atom. The first-order valence-corrected chi connectivity index (χ1v) is 6.58. The van der Waals surface area contributed by atoms with E-state index in [2.05, 4.69) is 15.8 Å². The fourth-order valence-electron chi connectivity index (χ4n) is 1.51. The van der Waals surface area contributed by atoms with E-state index in [1.807, 2.05) is 0 Å². The fraction of sp³-hybridized carbons (Fsp3) is 0.0769. The molecule has 1 aromatic heterocycles. The molecule has 0 spiro atoms. The normalized spacial score (nSPS) is 11.1. The number of hydrogen-bond acceptors (Lipinski definition) is 3. The lowest BCUT2D eigenvalue weighted by molar-refractivity contribution is -0.137. The maximum atomic E-state index is 12.5. The van der Waals surface area contributed by atoms with Gasteiger partial charge in [0.2, 0.25) is 0 Å². The van der Waals surface area contributed by atoms with Crippen molar-refractivity contribution in [2.24, 2.45) is 0 Å². The Balaban J connectivity index is 2.09. The lowest BCUT2D eigenvalue weighted by atomic mass is 10.2. The summed E-state index contributed by atoms with van der Waals surface area (Å²) in [4.78, 5) is 15.4. The number of nitrogens with one attached hydrogen (secondary N) is 2. The number of hydrazine groups is 1. The Morgan fingerprint density at radius 1 is 1.14 bits per heavy atom. The molecule has 2 N–H and O–H groups in total. The molecule has 1 amide bonds. The molecule has 1 aromatic carbocycles. The van der Waals surface area contributed by atoms with Crippen molar-refractivity contribution < 1.29 is 18.0 Å². The quantitative estimate of drug-likeness (QED) is 0.818. The third-order valence-electron chi connectivity index (χ3n) is 2.58. The number of benzene rings is 1. The highest BCUT2D eigenvalue weighted by Crippen LogP contribution is 2.32. The van der Waals surface area contributed by atoms with Crippen molar-refractivity contribution in [3.05, 3.63) is 57.7 Å². The zero-order chi connectivity index (χ0) is 16.3. The van der Waals surface area contributed by atoms with Gasteiger partial charge in [0.1, 0.15) is 0 Å². The summed E-state index contributed by atoms with van der Waals surface area (Å²) in [6.07, 6.45) is -3.94. The summed E-state index contributed by atoms with van der Waals surface area (Å²) in [5.74, 6) is -0.696. The molecule has 2 rings (SSSR count). The van der Waals surface area contributed by atoms with Gasteiger partial charge in [-0.1, -0.05) is 35.3 Å². The van der Waals surface area contributed by atoms with E-state index in [0.717, 1.165) is 0 Å². The van der Waals surface area contributed by atoms with Gasteiger partial charge in [0.05, 0.1) is 21.2 Å². The first-order chi connectivity index (χ1) is 10.3. The molecular formula is C13H8Cl2F3N3O. The van der Waals surface area contributed by atoms with E-state index in [1.54, 1.807) is 12.1 Å². The third kappa shape index (κ3) is 3.80. The van der Waals surface area contributed by atoms with Gasteiger partial charge in [0, 0.05) is 6.20 Å². The summed E-state index contributed by atoms with van der Waals surface area (Å²) in [6.45, 7) is 0. The van der Waals surface area contributed by atoms with Crippen LogP contribution in [0, 0.1) is 0 Å². The third-order valence-corrected chi connectivity index (χ3v) is 3.20. The van der Waals surface area contributed by atoms with Crippen LogP contribution in [0.25, 0.3) is 0 Å². The van der Waals surface area contributed by atoms with Gasteiger partial charge in [-0.3, -0.25) is 15.6 Å². The van der Waals surface area contributed by atoms with E-state index in [0.29, 0.717) is 12.3 Å². The number of rotatable bonds is 3. The van der Waals surface area contributed by atoms with Gasteiger partial charge in [0.15, 0.2) is 5.82 Å². The zero-order valence-corrected chi connectivity index (χ0v) is 12.2. The minimum Gasteiger partial charge on any atom is -0.280 e. The van der Waals surface area contributed by atoms with Gasteiger partial charge < -0.3 is 0 Å². The molecule has 116 valence electrons. The van der Waals surface area contributed by atoms with Gasteiger partial charge in [-0.2, -0.15) is 13.2 Å². The second-order valence-electron chi connectivity index (χ2n) is 4.11. The van der Waals surface area contributed by atoms with E-state index < -0.39 is 17.6 Å². The van der Waals surface area contributed by atoms with Gasteiger partial charge in [-0.25, -0.2) is 4.98 Å². The van der Waals surface area contributed by atoms with E-state index in [-0.39, 0.29) is 21.4 Å². The van der Waals surface area contributed by atoms with E-state index >= 15 is 0 Å². The Labute approximate surface area is 133 Å². The van der Waals surface area contributed by atoms with Crippen LogP contribution in [0.2, 0.25) is 10.0 Å². The standard InChI is InChI=1S/C13H8Cl2F3N3O/c14-9-4-2-1-3-8(9)12(22)21-20-11-10(15)5-7(6-19-11)13(16,17)18/h1-6H,(H,19,20)(H,21,22). The molecule has 2 aromatic rings. The van der Waals surface area contributed by atoms with Gasteiger partial charge >= 0.3 is 6.18 Å². The smallest absolute Gasteiger partial charge is 0.280 e. The van der Waals surface area contributed by atoms with Crippen LogP contribution in [-0.4, -0.2) is 10.9 Å². The molecule has 0 saturated heterocycles. The van der Waals surface area contributed by atoms with E-state index in [1.165, 1.54) is 12.1 Å². The van der Waals surface area contributed by atoms with Crippen LogP contribution in [0.5, 0.6) is 0 Å². The van der Waals surface area contributed by atoms with Gasteiger partial charge in [0.25, 0.3) is 5.91 Å². The van der Waals surface area contributed by atoms with Crippen molar-refractivity contribution in [3.63, 3.8) is 0 Å².